The van der Waals surface area contributed by atoms with Crippen LogP contribution in [0.25, 0.3) is 0 Å². The second kappa shape index (κ2) is 5.71. The number of nitriles is 1. The lowest BCUT2D eigenvalue weighted by molar-refractivity contribution is 0.416. The molecule has 1 N–H and O–H groups in total. The van der Waals surface area contributed by atoms with E-state index in [1.165, 1.54) is 0 Å². The van der Waals surface area contributed by atoms with Gasteiger partial charge in [-0.3, -0.25) is 0 Å². The SMILES string of the molecule is C/C=C/CNc1c(C#N)cccc1OC. The first-order chi connectivity index (χ1) is 7.33. The van der Waals surface area contributed by atoms with Gasteiger partial charge in [-0.2, -0.15) is 5.26 Å². The summed E-state index contributed by atoms with van der Waals surface area (Å²) in [5.74, 6) is 0.693. The summed E-state index contributed by atoms with van der Waals surface area (Å²) in [5.41, 5.74) is 1.35. The molecule has 0 aliphatic heterocycles. The molecular weight excluding hydrogens is 188 g/mol. The number of hydrogen-bond acceptors (Lipinski definition) is 3. The van der Waals surface area contributed by atoms with E-state index in [2.05, 4.69) is 11.4 Å². The van der Waals surface area contributed by atoms with Crippen molar-refractivity contribution in [1.82, 2.24) is 0 Å². The second-order valence-corrected chi connectivity index (χ2v) is 2.94. The lowest BCUT2D eigenvalue weighted by Gasteiger charge is -2.10. The van der Waals surface area contributed by atoms with Gasteiger partial charge in [0.2, 0.25) is 0 Å². The Kier molecular flexibility index (Phi) is 4.24. The Morgan fingerprint density at radius 2 is 2.33 bits per heavy atom. The molecule has 0 spiro atoms. The van der Waals surface area contributed by atoms with Crippen LogP contribution >= 0.6 is 0 Å². The van der Waals surface area contributed by atoms with Crippen LogP contribution in [0.15, 0.2) is 30.4 Å². The maximum absolute atomic E-state index is 8.93. The Bertz CT molecular complexity index is 391. The van der Waals surface area contributed by atoms with E-state index in [1.807, 2.05) is 25.1 Å². The van der Waals surface area contributed by atoms with E-state index in [4.69, 9.17) is 10.00 Å². The highest BCUT2D eigenvalue weighted by atomic mass is 16.5. The summed E-state index contributed by atoms with van der Waals surface area (Å²) in [6, 6.07) is 7.53. The maximum Gasteiger partial charge on any atom is 0.143 e. The van der Waals surface area contributed by atoms with Crippen LogP contribution in [0.1, 0.15) is 12.5 Å². The van der Waals surface area contributed by atoms with Gasteiger partial charge in [0.05, 0.1) is 18.4 Å². The number of allylic oxidation sites excluding steroid dienone is 1. The van der Waals surface area contributed by atoms with Crippen LogP contribution in [0.2, 0.25) is 0 Å². The third-order valence-electron chi connectivity index (χ3n) is 2.00. The highest BCUT2D eigenvalue weighted by molar-refractivity contribution is 5.66. The molecule has 0 unspecified atom stereocenters. The van der Waals surface area contributed by atoms with E-state index in [-0.39, 0.29) is 0 Å². The summed E-state index contributed by atoms with van der Waals surface area (Å²) < 4.78 is 5.18. The summed E-state index contributed by atoms with van der Waals surface area (Å²) in [5, 5.41) is 12.1. The minimum atomic E-state index is 0.596. The van der Waals surface area contributed by atoms with Crippen molar-refractivity contribution in [2.24, 2.45) is 0 Å². The summed E-state index contributed by atoms with van der Waals surface area (Å²) in [4.78, 5) is 0. The molecule has 0 fully saturated rings. The van der Waals surface area contributed by atoms with Gasteiger partial charge in [-0.1, -0.05) is 18.2 Å². The fourth-order valence-corrected chi connectivity index (χ4v) is 1.26. The molecule has 3 nitrogen and oxygen atoms in total. The Balaban J connectivity index is 2.96. The van der Waals surface area contributed by atoms with Crippen LogP contribution < -0.4 is 10.1 Å². The Hall–Kier alpha value is -1.95. The van der Waals surface area contributed by atoms with Crippen molar-refractivity contribution in [2.45, 2.75) is 6.92 Å². The zero-order chi connectivity index (χ0) is 11.1. The van der Waals surface area contributed by atoms with Crippen molar-refractivity contribution in [3.63, 3.8) is 0 Å². The van der Waals surface area contributed by atoms with Gasteiger partial charge in [-0.15, -0.1) is 0 Å². The van der Waals surface area contributed by atoms with Crippen LogP contribution in [0.5, 0.6) is 5.75 Å². The molecule has 3 heteroatoms. The first-order valence-corrected chi connectivity index (χ1v) is 4.75. The summed E-state index contributed by atoms with van der Waals surface area (Å²) in [6.07, 6.45) is 3.93. The van der Waals surface area contributed by atoms with Gasteiger partial charge in [0.25, 0.3) is 0 Å². The molecule has 1 rings (SSSR count). The third kappa shape index (κ3) is 2.75. The topological polar surface area (TPSA) is 45.0 Å². The second-order valence-electron chi connectivity index (χ2n) is 2.94. The molecule has 0 heterocycles. The maximum atomic E-state index is 8.93. The normalized spacial score (nSPS) is 9.93. The number of benzene rings is 1. The number of para-hydroxylation sites is 1. The highest BCUT2D eigenvalue weighted by Crippen LogP contribution is 2.27. The molecule has 0 bridgehead atoms. The molecule has 0 aromatic heterocycles. The summed E-state index contributed by atoms with van der Waals surface area (Å²) >= 11 is 0. The number of nitrogens with one attached hydrogen (secondary N) is 1. The molecular formula is C12H14N2O. The molecule has 0 radical (unpaired) electrons. The van der Waals surface area contributed by atoms with Crippen molar-refractivity contribution in [3.05, 3.63) is 35.9 Å². The minimum absolute atomic E-state index is 0.596. The van der Waals surface area contributed by atoms with E-state index < -0.39 is 0 Å². The molecule has 78 valence electrons. The van der Waals surface area contributed by atoms with Gasteiger partial charge >= 0.3 is 0 Å². The molecule has 0 saturated carbocycles. The van der Waals surface area contributed by atoms with Crippen molar-refractivity contribution in [3.8, 4) is 11.8 Å². The largest absolute Gasteiger partial charge is 0.495 e. The number of ether oxygens (including phenoxy) is 1. The lowest BCUT2D eigenvalue weighted by Crippen LogP contribution is -2.02. The highest BCUT2D eigenvalue weighted by Gasteiger charge is 2.06. The molecule has 0 aliphatic carbocycles. The first kappa shape index (κ1) is 11.1. The Labute approximate surface area is 90.0 Å². The van der Waals surface area contributed by atoms with E-state index in [0.717, 1.165) is 5.69 Å². The smallest absolute Gasteiger partial charge is 0.143 e. The number of rotatable bonds is 4. The fourth-order valence-electron chi connectivity index (χ4n) is 1.26. The predicted molar refractivity (Wildman–Crippen MR) is 61.0 cm³/mol. The van der Waals surface area contributed by atoms with Gasteiger partial charge in [-0.25, -0.2) is 0 Å². The lowest BCUT2D eigenvalue weighted by atomic mass is 10.2. The minimum Gasteiger partial charge on any atom is -0.495 e. The molecule has 0 atom stereocenters. The van der Waals surface area contributed by atoms with Crippen LogP contribution in [-0.4, -0.2) is 13.7 Å². The Morgan fingerprint density at radius 1 is 1.53 bits per heavy atom. The molecule has 1 aromatic carbocycles. The van der Waals surface area contributed by atoms with Crippen LogP contribution in [0, 0.1) is 11.3 Å². The van der Waals surface area contributed by atoms with Gasteiger partial charge in [0, 0.05) is 6.54 Å². The standard InChI is InChI=1S/C12H14N2O/c1-3-4-8-14-12-10(9-13)6-5-7-11(12)15-2/h3-7,14H,8H2,1-2H3/b4-3+. The van der Waals surface area contributed by atoms with Crippen LogP contribution in [0.4, 0.5) is 5.69 Å². The number of methoxy groups -OCH3 is 1. The molecule has 0 amide bonds. The predicted octanol–water partition coefficient (Wildman–Crippen LogP) is 2.55. The number of nitrogens with zero attached hydrogens (tertiary/aromatic N) is 1. The average molecular weight is 202 g/mol. The fraction of sp³-hybridized carbons (Fsp3) is 0.250. The number of anilines is 1. The van der Waals surface area contributed by atoms with Crippen molar-refractivity contribution in [1.29, 1.82) is 5.26 Å². The van der Waals surface area contributed by atoms with E-state index in [0.29, 0.717) is 17.9 Å². The van der Waals surface area contributed by atoms with Crippen molar-refractivity contribution >= 4 is 5.69 Å². The Morgan fingerprint density at radius 3 is 2.93 bits per heavy atom. The third-order valence-corrected chi connectivity index (χ3v) is 2.00. The summed E-state index contributed by atoms with van der Waals surface area (Å²) in [6.45, 7) is 2.64. The molecule has 1 aromatic rings. The van der Waals surface area contributed by atoms with Crippen LogP contribution in [-0.2, 0) is 0 Å². The van der Waals surface area contributed by atoms with E-state index in [9.17, 15) is 0 Å². The van der Waals surface area contributed by atoms with Crippen molar-refractivity contribution in [2.75, 3.05) is 19.0 Å². The molecule has 0 aliphatic rings. The van der Waals surface area contributed by atoms with Gasteiger partial charge in [0.15, 0.2) is 0 Å². The quantitative estimate of drug-likeness (QED) is 0.763. The summed E-state index contributed by atoms with van der Waals surface area (Å²) in [7, 11) is 1.59. The molecule has 0 saturated heterocycles. The van der Waals surface area contributed by atoms with E-state index >= 15 is 0 Å². The zero-order valence-corrected chi connectivity index (χ0v) is 8.95. The van der Waals surface area contributed by atoms with Gasteiger partial charge in [-0.05, 0) is 19.1 Å². The zero-order valence-electron chi connectivity index (χ0n) is 8.95. The van der Waals surface area contributed by atoms with Crippen molar-refractivity contribution < 1.29 is 4.74 Å². The monoisotopic (exact) mass is 202 g/mol. The van der Waals surface area contributed by atoms with E-state index in [1.54, 1.807) is 19.2 Å². The van der Waals surface area contributed by atoms with Gasteiger partial charge in [0.1, 0.15) is 11.8 Å². The molecule has 15 heavy (non-hydrogen) atoms. The van der Waals surface area contributed by atoms with Gasteiger partial charge < -0.3 is 10.1 Å². The average Bonchev–Trinajstić information content (AvgIpc) is 2.29. The van der Waals surface area contributed by atoms with Crippen LogP contribution in [0.3, 0.4) is 0 Å². The number of hydrogen-bond donors (Lipinski definition) is 1. The first-order valence-electron chi connectivity index (χ1n) is 4.75.